The van der Waals surface area contributed by atoms with E-state index < -0.39 is 31.3 Å². The molecule has 0 fully saturated rings. The van der Waals surface area contributed by atoms with E-state index in [-0.39, 0.29) is 0 Å². The number of carbonyl (C=O) groups is 1. The van der Waals surface area contributed by atoms with Gasteiger partial charge in [-0.1, -0.05) is 0 Å². The molecule has 0 heterocycles. The van der Waals surface area contributed by atoms with Crippen molar-refractivity contribution in [3.05, 3.63) is 0 Å². The average Bonchev–Trinajstić information content (AvgIpc) is 1.97. The van der Waals surface area contributed by atoms with Gasteiger partial charge in [0.05, 0.1) is 6.61 Å². The Hall–Kier alpha value is -0.730. The van der Waals surface area contributed by atoms with Crippen LogP contribution in [-0.4, -0.2) is 56.8 Å². The molecule has 0 spiro atoms. The van der Waals surface area contributed by atoms with Crippen molar-refractivity contribution in [1.82, 2.24) is 0 Å². The van der Waals surface area contributed by atoms with Gasteiger partial charge in [0.2, 0.25) is 0 Å². The maximum absolute atomic E-state index is 10.5. The highest BCUT2D eigenvalue weighted by atomic mass is 16.7. The van der Waals surface area contributed by atoms with Gasteiger partial charge in [0.25, 0.3) is 0 Å². The first-order chi connectivity index (χ1) is 5.37. The number of ether oxygens (including phenoxy) is 1. The molecule has 0 saturated heterocycles. The molecular weight excluding hydrogens is 172 g/mol. The summed E-state index contributed by atoms with van der Waals surface area (Å²) < 4.78 is 3.96. The molecule has 1 atom stereocenters. The lowest BCUT2D eigenvalue weighted by Gasteiger charge is -2.14. The maximum atomic E-state index is 10.5. The fourth-order valence-corrected chi connectivity index (χ4v) is 0.339. The zero-order valence-electron chi connectivity index (χ0n) is 6.04. The van der Waals surface area contributed by atoms with Crippen molar-refractivity contribution in [1.29, 1.82) is 0 Å². The fourth-order valence-electron chi connectivity index (χ4n) is 0.339. The molecule has 0 rings (SSSR count). The summed E-state index contributed by atoms with van der Waals surface area (Å²) in [6.07, 6.45) is -1.74. The molecule has 7 nitrogen and oxygen atoms in total. The van der Waals surface area contributed by atoms with Gasteiger partial charge in [-0.25, -0.2) is 4.79 Å². The average molecular weight is 182 g/mol. The first kappa shape index (κ1) is 11.3. The summed E-state index contributed by atoms with van der Waals surface area (Å²) >= 11 is 0. The molecule has 7 heteroatoms. The van der Waals surface area contributed by atoms with E-state index in [9.17, 15) is 4.79 Å². The van der Waals surface area contributed by atoms with Crippen LogP contribution in [0.3, 0.4) is 0 Å². The van der Waals surface area contributed by atoms with Crippen molar-refractivity contribution in [2.24, 2.45) is 0 Å². The van der Waals surface area contributed by atoms with E-state index in [1.54, 1.807) is 0 Å². The molecule has 0 aliphatic carbocycles. The van der Waals surface area contributed by atoms with Gasteiger partial charge < -0.3 is 30.3 Å². The molecule has 0 aromatic carbocycles. The van der Waals surface area contributed by atoms with Crippen LogP contribution in [0, 0.1) is 0 Å². The number of carbonyl (C=O) groups excluding carboxylic acids is 1. The van der Waals surface area contributed by atoms with E-state index in [4.69, 9.17) is 25.5 Å². The van der Waals surface area contributed by atoms with Crippen LogP contribution >= 0.6 is 0 Å². The molecule has 0 aromatic heterocycles. The minimum atomic E-state index is -3.12. The van der Waals surface area contributed by atoms with Crippen LogP contribution in [0.2, 0.25) is 0 Å². The van der Waals surface area contributed by atoms with Gasteiger partial charge in [-0.3, -0.25) is 0 Å². The van der Waals surface area contributed by atoms with Crippen LogP contribution in [0.1, 0.15) is 0 Å². The molecule has 0 saturated carbocycles. The second-order valence-electron chi connectivity index (χ2n) is 2.08. The van der Waals surface area contributed by atoms with Crippen LogP contribution < -0.4 is 0 Å². The Labute approximate surface area is 67.4 Å². The summed E-state index contributed by atoms with van der Waals surface area (Å²) in [5.41, 5.74) is 0. The molecule has 0 bridgehead atoms. The summed E-state index contributed by atoms with van der Waals surface area (Å²) in [6, 6.07) is 0. The summed E-state index contributed by atoms with van der Waals surface area (Å²) in [4.78, 5) is 10.5. The minimum Gasteiger partial charge on any atom is -0.455 e. The number of esters is 1. The summed E-state index contributed by atoms with van der Waals surface area (Å²) in [7, 11) is 0. The smallest absolute Gasteiger partial charge is 0.337 e. The van der Waals surface area contributed by atoms with Gasteiger partial charge in [-0.15, -0.1) is 0 Å². The predicted molar refractivity (Wildman–Crippen MR) is 33.4 cm³/mol. The van der Waals surface area contributed by atoms with Crippen molar-refractivity contribution in [3.63, 3.8) is 0 Å². The third-order valence-corrected chi connectivity index (χ3v) is 0.853. The minimum absolute atomic E-state index is 0.839. The van der Waals surface area contributed by atoms with Crippen LogP contribution in [0.4, 0.5) is 0 Å². The molecule has 0 aliphatic heterocycles. The lowest BCUT2D eigenvalue weighted by Crippen LogP contribution is -2.37. The number of hydrogen-bond acceptors (Lipinski definition) is 7. The molecule has 1 unspecified atom stereocenters. The Morgan fingerprint density at radius 1 is 1.42 bits per heavy atom. The van der Waals surface area contributed by atoms with Crippen LogP contribution in [-0.2, 0) is 9.53 Å². The summed E-state index contributed by atoms with van der Waals surface area (Å²) in [6.45, 7) is -1.93. The molecule has 0 aromatic rings. The highest BCUT2D eigenvalue weighted by molar-refractivity contribution is 5.74. The third-order valence-electron chi connectivity index (χ3n) is 0.853. The number of rotatable bonds is 4. The van der Waals surface area contributed by atoms with Gasteiger partial charge in [0.15, 0.2) is 12.7 Å². The molecule has 0 amide bonds. The van der Waals surface area contributed by atoms with E-state index in [1.165, 1.54) is 0 Å². The van der Waals surface area contributed by atoms with Crippen molar-refractivity contribution in [2.75, 3.05) is 13.2 Å². The Morgan fingerprint density at radius 3 is 2.25 bits per heavy atom. The quantitative estimate of drug-likeness (QED) is 0.225. The topological polar surface area (TPSA) is 127 Å². The van der Waals surface area contributed by atoms with E-state index >= 15 is 0 Å². The van der Waals surface area contributed by atoms with Gasteiger partial charge >= 0.3 is 11.9 Å². The molecular formula is C5H10O7. The Morgan fingerprint density at radius 2 is 1.92 bits per heavy atom. The van der Waals surface area contributed by atoms with Crippen LogP contribution in [0.15, 0.2) is 0 Å². The van der Waals surface area contributed by atoms with E-state index in [0.29, 0.717) is 0 Å². The standard InChI is InChI=1S/C5H10O7/c6-1-3(7)4(8)12-2-5(9,10)11/h3,6-7,9-11H,1-2H2. The van der Waals surface area contributed by atoms with Crippen LogP contribution in [0.5, 0.6) is 0 Å². The zero-order chi connectivity index (χ0) is 9.78. The van der Waals surface area contributed by atoms with E-state index in [2.05, 4.69) is 4.74 Å². The molecule has 12 heavy (non-hydrogen) atoms. The Balaban J connectivity index is 3.72. The largest absolute Gasteiger partial charge is 0.455 e. The fraction of sp³-hybridized carbons (Fsp3) is 0.800. The highest BCUT2D eigenvalue weighted by Crippen LogP contribution is 1.95. The maximum Gasteiger partial charge on any atom is 0.337 e. The lowest BCUT2D eigenvalue weighted by molar-refractivity contribution is -0.328. The summed E-state index contributed by atoms with van der Waals surface area (Å²) in [5.74, 6) is -4.37. The predicted octanol–water partition coefficient (Wildman–Crippen LogP) is -3.49. The molecule has 0 radical (unpaired) electrons. The second kappa shape index (κ2) is 4.33. The van der Waals surface area contributed by atoms with Crippen molar-refractivity contribution >= 4 is 5.97 Å². The highest BCUT2D eigenvalue weighted by Gasteiger charge is 2.23. The third kappa shape index (κ3) is 4.99. The lowest BCUT2D eigenvalue weighted by atomic mass is 10.4. The van der Waals surface area contributed by atoms with Gasteiger partial charge in [0.1, 0.15) is 0 Å². The number of hydrogen-bond donors (Lipinski definition) is 5. The van der Waals surface area contributed by atoms with E-state index in [1.807, 2.05) is 0 Å². The van der Waals surface area contributed by atoms with E-state index in [0.717, 1.165) is 0 Å². The zero-order valence-corrected chi connectivity index (χ0v) is 6.04. The molecule has 72 valence electrons. The van der Waals surface area contributed by atoms with Gasteiger partial charge in [-0.05, 0) is 0 Å². The summed E-state index contributed by atoms with van der Waals surface area (Å²) in [5, 5.41) is 41.4. The first-order valence-corrected chi connectivity index (χ1v) is 2.99. The van der Waals surface area contributed by atoms with Gasteiger partial charge in [-0.2, -0.15) is 0 Å². The molecule has 0 aliphatic rings. The first-order valence-electron chi connectivity index (χ1n) is 2.99. The monoisotopic (exact) mass is 182 g/mol. The van der Waals surface area contributed by atoms with Crippen molar-refractivity contribution < 1.29 is 35.1 Å². The number of aliphatic hydroxyl groups excluding tert-OH is 2. The van der Waals surface area contributed by atoms with Crippen molar-refractivity contribution in [2.45, 2.75) is 12.1 Å². The van der Waals surface area contributed by atoms with Crippen LogP contribution in [0.25, 0.3) is 0 Å². The van der Waals surface area contributed by atoms with Crippen molar-refractivity contribution in [3.8, 4) is 0 Å². The van der Waals surface area contributed by atoms with Gasteiger partial charge in [0, 0.05) is 0 Å². The molecule has 5 N–H and O–H groups in total. The number of aliphatic hydroxyl groups is 5. The Kier molecular flexibility index (Phi) is 4.07. The SMILES string of the molecule is O=C(OCC(O)(O)O)C(O)CO. The Bertz CT molecular complexity index is 148. The normalized spacial score (nSPS) is 14.1. The second-order valence-corrected chi connectivity index (χ2v) is 2.08.